The van der Waals surface area contributed by atoms with E-state index in [0.29, 0.717) is 6.42 Å². The van der Waals surface area contributed by atoms with Crippen LogP contribution in [0.15, 0.2) is 0 Å². The maximum atomic E-state index is 11.7. The average Bonchev–Trinajstić information content (AvgIpc) is 2.69. The monoisotopic (exact) mass is 251 g/mol. The third kappa shape index (κ3) is 5.43. The number of nitrogens with zero attached hydrogens (tertiary/aromatic N) is 2. The zero-order valence-corrected chi connectivity index (χ0v) is 9.90. The van der Waals surface area contributed by atoms with Crippen LogP contribution in [0.4, 0.5) is 8.78 Å². The van der Waals surface area contributed by atoms with Gasteiger partial charge in [-0.05, 0) is 7.05 Å². The quantitative estimate of drug-likeness (QED) is 0.703. The first-order chi connectivity index (χ1) is 7.72. The van der Waals surface area contributed by atoms with Gasteiger partial charge in [-0.2, -0.15) is 0 Å². The summed E-state index contributed by atoms with van der Waals surface area (Å²) in [6, 6.07) is 0. The second kappa shape index (κ2) is 7.59. The minimum absolute atomic E-state index is 0.269. The third-order valence-corrected chi connectivity index (χ3v) is 2.84. The second-order valence-corrected chi connectivity index (χ2v) is 4.31. The van der Waals surface area contributed by atoms with Crippen LogP contribution < -0.4 is 5.32 Å². The first-order valence-electron chi connectivity index (χ1n) is 5.04. The maximum absolute atomic E-state index is 11.7. The first-order valence-corrected chi connectivity index (χ1v) is 5.85. The fourth-order valence-electron chi connectivity index (χ4n) is 1.05. The van der Waals surface area contributed by atoms with Crippen LogP contribution in [0.25, 0.3) is 0 Å². The van der Waals surface area contributed by atoms with Crippen molar-refractivity contribution >= 4 is 11.3 Å². The van der Waals surface area contributed by atoms with Gasteiger partial charge in [0.2, 0.25) is 0 Å². The molecule has 0 fully saturated rings. The maximum Gasteiger partial charge on any atom is 0.261 e. The molecule has 0 bridgehead atoms. The molecule has 1 aromatic rings. The molecule has 7 heteroatoms. The van der Waals surface area contributed by atoms with Gasteiger partial charge in [-0.1, -0.05) is 0 Å². The Bertz CT molecular complexity index is 296. The highest BCUT2D eigenvalue weighted by atomic mass is 32.1. The largest absolute Gasteiger partial charge is 0.375 e. The van der Waals surface area contributed by atoms with Gasteiger partial charge >= 0.3 is 0 Å². The number of hydrogen-bond donors (Lipinski definition) is 1. The van der Waals surface area contributed by atoms with E-state index >= 15 is 0 Å². The Balaban J connectivity index is 2.19. The lowest BCUT2D eigenvalue weighted by Crippen LogP contribution is -2.09. The predicted octanol–water partition coefficient (Wildman–Crippen LogP) is 1.12. The summed E-state index contributed by atoms with van der Waals surface area (Å²) in [6.07, 6.45) is -1.02. The lowest BCUT2D eigenvalue weighted by Gasteiger charge is -2.00. The topological polar surface area (TPSA) is 47.0 Å². The molecule has 0 radical (unpaired) electrons. The number of rotatable bonds is 8. The van der Waals surface area contributed by atoms with Crippen molar-refractivity contribution in [2.45, 2.75) is 19.3 Å². The molecule has 92 valence electrons. The van der Waals surface area contributed by atoms with E-state index in [4.69, 9.17) is 4.74 Å². The number of nitrogens with one attached hydrogen (secondary N) is 1. The summed E-state index contributed by atoms with van der Waals surface area (Å²) in [5.41, 5.74) is 0. The van der Waals surface area contributed by atoms with Gasteiger partial charge < -0.3 is 10.1 Å². The van der Waals surface area contributed by atoms with E-state index < -0.39 is 13.0 Å². The van der Waals surface area contributed by atoms with Crippen LogP contribution >= 0.6 is 11.3 Å². The molecule has 0 aromatic carbocycles. The Morgan fingerprint density at radius 3 is 2.62 bits per heavy atom. The van der Waals surface area contributed by atoms with Gasteiger partial charge in [0.05, 0.1) is 6.61 Å². The molecular formula is C9H15F2N3OS. The zero-order chi connectivity index (χ0) is 11.8. The van der Waals surface area contributed by atoms with Crippen molar-refractivity contribution in [1.82, 2.24) is 15.5 Å². The van der Waals surface area contributed by atoms with Crippen LogP contribution in [0.1, 0.15) is 10.0 Å². The lowest BCUT2D eigenvalue weighted by atomic mass is 10.4. The molecule has 1 aromatic heterocycles. The van der Waals surface area contributed by atoms with Gasteiger partial charge in [0.1, 0.15) is 16.6 Å². The van der Waals surface area contributed by atoms with E-state index in [1.807, 2.05) is 7.05 Å². The standard InChI is InChI=1S/C9H15F2N3OS/c1-12-4-2-8-13-14-9(16-8)3-5-15-6-7(10)11/h7,12H,2-6H2,1H3. The Kier molecular flexibility index (Phi) is 6.36. The zero-order valence-electron chi connectivity index (χ0n) is 9.08. The molecule has 1 heterocycles. The number of alkyl halides is 2. The highest BCUT2D eigenvalue weighted by Gasteiger charge is 2.05. The summed E-state index contributed by atoms with van der Waals surface area (Å²) < 4.78 is 28.3. The fourth-order valence-corrected chi connectivity index (χ4v) is 1.88. The minimum Gasteiger partial charge on any atom is -0.375 e. The molecule has 1 rings (SSSR count). The third-order valence-electron chi connectivity index (χ3n) is 1.80. The van der Waals surface area contributed by atoms with Gasteiger partial charge in [0.15, 0.2) is 0 Å². The van der Waals surface area contributed by atoms with E-state index in [0.717, 1.165) is 23.0 Å². The number of likely N-dealkylation sites (N-methyl/N-ethyl adjacent to an activating group) is 1. The minimum atomic E-state index is -2.40. The summed E-state index contributed by atoms with van der Waals surface area (Å²) >= 11 is 1.50. The molecule has 0 atom stereocenters. The normalized spacial score (nSPS) is 11.2. The van der Waals surface area contributed by atoms with E-state index in [2.05, 4.69) is 15.5 Å². The molecule has 0 spiro atoms. The SMILES string of the molecule is CNCCc1nnc(CCOCC(F)F)s1. The summed E-state index contributed by atoms with van der Waals surface area (Å²) in [4.78, 5) is 0. The molecule has 0 unspecified atom stereocenters. The lowest BCUT2D eigenvalue weighted by molar-refractivity contribution is 0.0186. The second-order valence-electron chi connectivity index (χ2n) is 3.16. The summed E-state index contributed by atoms with van der Waals surface area (Å²) in [5, 5.41) is 12.8. The smallest absolute Gasteiger partial charge is 0.261 e. The number of halogens is 2. The number of aromatic nitrogens is 2. The molecule has 0 aliphatic heterocycles. The molecule has 0 saturated carbocycles. The van der Waals surface area contributed by atoms with Crippen LogP contribution in [-0.2, 0) is 17.6 Å². The van der Waals surface area contributed by atoms with Crippen molar-refractivity contribution in [3.63, 3.8) is 0 Å². The van der Waals surface area contributed by atoms with Crippen molar-refractivity contribution < 1.29 is 13.5 Å². The fraction of sp³-hybridized carbons (Fsp3) is 0.778. The van der Waals surface area contributed by atoms with E-state index in [1.165, 1.54) is 11.3 Å². The van der Waals surface area contributed by atoms with E-state index in [9.17, 15) is 8.78 Å². The molecule has 16 heavy (non-hydrogen) atoms. The van der Waals surface area contributed by atoms with Gasteiger partial charge in [-0.15, -0.1) is 21.5 Å². The highest BCUT2D eigenvalue weighted by molar-refractivity contribution is 7.11. The molecule has 4 nitrogen and oxygen atoms in total. The molecular weight excluding hydrogens is 236 g/mol. The van der Waals surface area contributed by atoms with E-state index in [1.54, 1.807) is 0 Å². The molecule has 0 saturated heterocycles. The van der Waals surface area contributed by atoms with Gasteiger partial charge in [-0.3, -0.25) is 0 Å². The Hall–Kier alpha value is -0.660. The van der Waals surface area contributed by atoms with Crippen LogP contribution in [0.2, 0.25) is 0 Å². The summed E-state index contributed by atoms with van der Waals surface area (Å²) in [6.45, 7) is 0.618. The first kappa shape index (κ1) is 13.4. The van der Waals surface area contributed by atoms with Crippen LogP contribution in [-0.4, -0.2) is 43.4 Å². The molecule has 0 aliphatic carbocycles. The van der Waals surface area contributed by atoms with Gasteiger partial charge in [0.25, 0.3) is 6.43 Å². The van der Waals surface area contributed by atoms with Gasteiger partial charge in [0, 0.05) is 19.4 Å². The van der Waals surface area contributed by atoms with Crippen molar-refractivity contribution in [3.05, 3.63) is 10.0 Å². The number of hydrogen-bond acceptors (Lipinski definition) is 5. The number of ether oxygens (including phenoxy) is 1. The van der Waals surface area contributed by atoms with E-state index in [-0.39, 0.29) is 6.61 Å². The Morgan fingerprint density at radius 1 is 1.31 bits per heavy atom. The van der Waals surface area contributed by atoms with Crippen LogP contribution in [0.3, 0.4) is 0 Å². The van der Waals surface area contributed by atoms with Crippen LogP contribution in [0.5, 0.6) is 0 Å². The van der Waals surface area contributed by atoms with Crippen molar-refractivity contribution in [1.29, 1.82) is 0 Å². The van der Waals surface area contributed by atoms with Gasteiger partial charge in [-0.25, -0.2) is 8.78 Å². The summed E-state index contributed by atoms with van der Waals surface area (Å²) in [5.74, 6) is 0. The molecule has 0 aliphatic rings. The van der Waals surface area contributed by atoms with Crippen molar-refractivity contribution in [3.8, 4) is 0 Å². The summed E-state index contributed by atoms with van der Waals surface area (Å²) in [7, 11) is 1.88. The average molecular weight is 251 g/mol. The predicted molar refractivity (Wildman–Crippen MR) is 58.1 cm³/mol. The molecule has 1 N–H and O–H groups in total. The Morgan fingerprint density at radius 2 is 2.00 bits per heavy atom. The van der Waals surface area contributed by atoms with Crippen molar-refractivity contribution in [2.24, 2.45) is 0 Å². The van der Waals surface area contributed by atoms with Crippen LogP contribution in [0, 0.1) is 0 Å². The molecule has 0 amide bonds. The van der Waals surface area contributed by atoms with Crippen molar-refractivity contribution in [2.75, 3.05) is 26.8 Å². The highest BCUT2D eigenvalue weighted by Crippen LogP contribution is 2.10. The Labute approximate surface area is 97.0 Å².